The van der Waals surface area contributed by atoms with Gasteiger partial charge in [-0.2, -0.15) is 0 Å². The fraction of sp³-hybridized carbons (Fsp3) is 0.500. The Bertz CT molecular complexity index is 497. The maximum Gasteiger partial charge on any atom is 0.227 e. The zero-order valence-electron chi connectivity index (χ0n) is 11.2. The van der Waals surface area contributed by atoms with Crippen LogP contribution >= 0.6 is 15.9 Å². The molecule has 1 amide bonds. The van der Waals surface area contributed by atoms with Crippen LogP contribution in [0.1, 0.15) is 12.5 Å². The lowest BCUT2D eigenvalue weighted by atomic mass is 10.1. The molecule has 0 spiro atoms. The SMILES string of the molecule is CC1COC(CO)CN1C(=O)Cc1ccc(F)c(Br)c1. The van der Waals surface area contributed by atoms with Crippen molar-refractivity contribution in [1.29, 1.82) is 0 Å². The summed E-state index contributed by atoms with van der Waals surface area (Å²) in [4.78, 5) is 14.0. The standard InChI is InChI=1S/C14H17BrFNO3/c1-9-8-20-11(7-18)6-17(9)14(19)5-10-2-3-13(16)12(15)4-10/h2-4,9,11,18H,5-8H2,1H3. The molecule has 0 aliphatic carbocycles. The minimum atomic E-state index is -0.346. The van der Waals surface area contributed by atoms with Crippen LogP contribution in [0.15, 0.2) is 22.7 Å². The minimum Gasteiger partial charge on any atom is -0.394 e. The lowest BCUT2D eigenvalue weighted by Crippen LogP contribution is -2.52. The zero-order valence-corrected chi connectivity index (χ0v) is 12.8. The third-order valence-corrected chi connectivity index (χ3v) is 3.98. The highest BCUT2D eigenvalue weighted by molar-refractivity contribution is 9.10. The van der Waals surface area contributed by atoms with E-state index in [0.717, 1.165) is 5.56 Å². The molecule has 0 bridgehead atoms. The van der Waals surface area contributed by atoms with Gasteiger partial charge in [0.2, 0.25) is 5.91 Å². The van der Waals surface area contributed by atoms with Gasteiger partial charge >= 0.3 is 0 Å². The Labute approximate surface area is 125 Å². The van der Waals surface area contributed by atoms with Gasteiger partial charge in [-0.3, -0.25) is 4.79 Å². The van der Waals surface area contributed by atoms with Gasteiger partial charge in [0.05, 0.1) is 36.3 Å². The molecule has 2 atom stereocenters. The predicted octanol–water partition coefficient (Wildman–Crippen LogP) is 1.74. The maximum atomic E-state index is 13.2. The van der Waals surface area contributed by atoms with Crippen LogP contribution in [0.3, 0.4) is 0 Å². The zero-order chi connectivity index (χ0) is 14.7. The molecule has 1 saturated heterocycles. The van der Waals surface area contributed by atoms with Gasteiger partial charge in [0.1, 0.15) is 5.82 Å². The third-order valence-electron chi connectivity index (χ3n) is 3.37. The third kappa shape index (κ3) is 3.56. The number of morpholine rings is 1. The molecule has 1 aromatic carbocycles. The van der Waals surface area contributed by atoms with Crippen LogP contribution in [-0.4, -0.2) is 47.8 Å². The number of ether oxygens (including phenoxy) is 1. The summed E-state index contributed by atoms with van der Waals surface area (Å²) >= 11 is 3.11. The summed E-state index contributed by atoms with van der Waals surface area (Å²) in [5.41, 5.74) is 0.752. The number of carbonyl (C=O) groups excluding carboxylic acids is 1. The fourth-order valence-corrected chi connectivity index (χ4v) is 2.63. The number of hydrogen-bond acceptors (Lipinski definition) is 3. The molecule has 0 aromatic heterocycles. The van der Waals surface area contributed by atoms with Gasteiger partial charge in [0.15, 0.2) is 0 Å². The minimum absolute atomic E-state index is 0.0193. The van der Waals surface area contributed by atoms with Crippen molar-refractivity contribution in [3.05, 3.63) is 34.1 Å². The molecular formula is C14H17BrFNO3. The molecule has 1 heterocycles. The van der Waals surface area contributed by atoms with Gasteiger partial charge in [-0.1, -0.05) is 6.07 Å². The second-order valence-corrected chi connectivity index (χ2v) is 5.81. The van der Waals surface area contributed by atoms with Gasteiger partial charge in [-0.05, 0) is 40.5 Å². The number of benzene rings is 1. The summed E-state index contributed by atoms with van der Waals surface area (Å²) < 4.78 is 18.9. The number of amides is 1. The summed E-state index contributed by atoms with van der Waals surface area (Å²) in [7, 11) is 0. The molecule has 20 heavy (non-hydrogen) atoms. The van der Waals surface area contributed by atoms with Crippen LogP contribution in [0.5, 0.6) is 0 Å². The van der Waals surface area contributed by atoms with Crippen molar-refractivity contribution in [2.24, 2.45) is 0 Å². The van der Waals surface area contributed by atoms with E-state index in [1.807, 2.05) is 6.92 Å². The van der Waals surface area contributed by atoms with Gasteiger partial charge in [-0.15, -0.1) is 0 Å². The van der Waals surface area contributed by atoms with E-state index < -0.39 is 0 Å². The Balaban J connectivity index is 2.04. The van der Waals surface area contributed by atoms with Crippen LogP contribution in [0.2, 0.25) is 0 Å². The summed E-state index contributed by atoms with van der Waals surface area (Å²) in [6.45, 7) is 2.62. The molecule has 0 radical (unpaired) electrons. The second-order valence-electron chi connectivity index (χ2n) is 4.96. The highest BCUT2D eigenvalue weighted by Gasteiger charge is 2.29. The number of aliphatic hydroxyl groups is 1. The highest BCUT2D eigenvalue weighted by Crippen LogP contribution is 2.19. The molecule has 1 aromatic rings. The number of aliphatic hydroxyl groups excluding tert-OH is 1. The second kappa shape index (κ2) is 6.65. The van der Waals surface area contributed by atoms with Crippen LogP contribution in [0.4, 0.5) is 4.39 Å². The van der Waals surface area contributed by atoms with E-state index in [-0.39, 0.29) is 36.9 Å². The van der Waals surface area contributed by atoms with E-state index in [0.29, 0.717) is 17.6 Å². The maximum absolute atomic E-state index is 13.2. The average Bonchev–Trinajstić information content (AvgIpc) is 2.43. The Morgan fingerprint density at radius 2 is 2.35 bits per heavy atom. The van der Waals surface area contributed by atoms with Crippen LogP contribution in [0.25, 0.3) is 0 Å². The molecule has 4 nitrogen and oxygen atoms in total. The Morgan fingerprint density at radius 3 is 3.00 bits per heavy atom. The van der Waals surface area contributed by atoms with E-state index in [1.54, 1.807) is 17.0 Å². The van der Waals surface area contributed by atoms with Gasteiger partial charge < -0.3 is 14.7 Å². The summed E-state index contributed by atoms with van der Waals surface area (Å²) in [6.07, 6.45) is -0.114. The number of rotatable bonds is 3. The summed E-state index contributed by atoms with van der Waals surface area (Å²) in [5, 5.41) is 9.12. The van der Waals surface area contributed by atoms with Crippen molar-refractivity contribution >= 4 is 21.8 Å². The van der Waals surface area contributed by atoms with Crippen molar-refractivity contribution < 1.29 is 19.0 Å². The molecule has 110 valence electrons. The van der Waals surface area contributed by atoms with Crippen molar-refractivity contribution in [2.75, 3.05) is 19.8 Å². The van der Waals surface area contributed by atoms with Crippen molar-refractivity contribution in [3.8, 4) is 0 Å². The molecular weight excluding hydrogens is 329 g/mol. The van der Waals surface area contributed by atoms with Crippen LogP contribution in [0, 0.1) is 5.82 Å². The molecule has 1 N–H and O–H groups in total. The van der Waals surface area contributed by atoms with Crippen molar-refractivity contribution in [3.63, 3.8) is 0 Å². The van der Waals surface area contributed by atoms with Gasteiger partial charge in [0, 0.05) is 6.54 Å². The van der Waals surface area contributed by atoms with Crippen LogP contribution in [-0.2, 0) is 16.0 Å². The van der Waals surface area contributed by atoms with Gasteiger partial charge in [-0.25, -0.2) is 4.39 Å². The first-order valence-corrected chi connectivity index (χ1v) is 7.26. The van der Waals surface area contributed by atoms with Crippen molar-refractivity contribution in [1.82, 2.24) is 4.90 Å². The molecule has 2 rings (SSSR count). The smallest absolute Gasteiger partial charge is 0.227 e. The quantitative estimate of drug-likeness (QED) is 0.907. The Morgan fingerprint density at radius 1 is 1.60 bits per heavy atom. The molecule has 6 heteroatoms. The summed E-state index contributed by atoms with van der Waals surface area (Å²) in [6, 6.07) is 4.54. The van der Waals surface area contributed by atoms with E-state index in [2.05, 4.69) is 15.9 Å². The lowest BCUT2D eigenvalue weighted by Gasteiger charge is -2.37. The lowest BCUT2D eigenvalue weighted by molar-refractivity contribution is -0.145. The fourth-order valence-electron chi connectivity index (χ4n) is 2.20. The number of nitrogens with zero attached hydrogens (tertiary/aromatic N) is 1. The predicted molar refractivity (Wildman–Crippen MR) is 75.8 cm³/mol. The molecule has 1 aliphatic rings. The number of halogens is 2. The first kappa shape index (κ1) is 15.4. The van der Waals surface area contributed by atoms with E-state index >= 15 is 0 Å². The normalized spacial score (nSPS) is 22.9. The number of carbonyl (C=O) groups is 1. The Hall–Kier alpha value is -0.980. The molecule has 0 saturated carbocycles. The van der Waals surface area contributed by atoms with Gasteiger partial charge in [0.25, 0.3) is 0 Å². The molecule has 1 fully saturated rings. The average molecular weight is 346 g/mol. The monoisotopic (exact) mass is 345 g/mol. The largest absolute Gasteiger partial charge is 0.394 e. The van der Waals surface area contributed by atoms with Crippen LogP contribution < -0.4 is 0 Å². The van der Waals surface area contributed by atoms with E-state index in [1.165, 1.54) is 6.07 Å². The highest BCUT2D eigenvalue weighted by atomic mass is 79.9. The molecule has 2 unspecified atom stereocenters. The van der Waals surface area contributed by atoms with E-state index in [4.69, 9.17) is 9.84 Å². The van der Waals surface area contributed by atoms with Crippen molar-refractivity contribution in [2.45, 2.75) is 25.5 Å². The first-order chi connectivity index (χ1) is 9.51. The Kier molecular flexibility index (Phi) is 5.12. The molecule has 1 aliphatic heterocycles. The van der Waals surface area contributed by atoms with E-state index in [9.17, 15) is 9.18 Å². The summed E-state index contributed by atoms with van der Waals surface area (Å²) in [5.74, 6) is -0.390. The first-order valence-electron chi connectivity index (χ1n) is 6.47. The number of hydrogen-bond donors (Lipinski definition) is 1. The topological polar surface area (TPSA) is 49.8 Å².